The molecule has 1 rings (SSSR count). The van der Waals surface area contributed by atoms with Crippen molar-refractivity contribution >= 4 is 17.5 Å². The number of nitrogens with one attached hydrogen (secondary N) is 2. The van der Waals surface area contributed by atoms with Crippen molar-refractivity contribution in [3.8, 4) is 0 Å². The predicted molar refractivity (Wildman–Crippen MR) is 64.3 cm³/mol. The highest BCUT2D eigenvalue weighted by Crippen LogP contribution is 2.17. The molecule has 0 aliphatic heterocycles. The first kappa shape index (κ1) is 15.0. The topological polar surface area (TPSA) is 78.4 Å². The van der Waals surface area contributed by atoms with E-state index >= 15 is 0 Å². The Morgan fingerprint density at radius 2 is 1.74 bits per heavy atom. The number of hydrogen-bond acceptors (Lipinski definition) is 3. The molecule has 7 heteroatoms. The van der Waals surface area contributed by atoms with Gasteiger partial charge < -0.3 is 15.7 Å². The molecule has 1 aromatic rings. The van der Waals surface area contributed by atoms with Gasteiger partial charge in [0.25, 0.3) is 0 Å². The Morgan fingerprint density at radius 1 is 1.21 bits per heavy atom. The molecule has 3 N–H and O–H groups in total. The van der Waals surface area contributed by atoms with Gasteiger partial charge in [-0.05, 0) is 26.0 Å². The Hall–Kier alpha value is -2.02. The standard InChI is InChI=1S/C12H14F2N2O3/c1-12(2,6-17)16-11(19)10(18)15-9-7(13)4-3-5-8(9)14/h3-5,17H,6H2,1-2H3,(H,15,18)(H,16,19). The third-order valence-corrected chi connectivity index (χ3v) is 2.25. The lowest BCUT2D eigenvalue weighted by atomic mass is 10.1. The Labute approximate surface area is 108 Å². The summed E-state index contributed by atoms with van der Waals surface area (Å²) in [7, 11) is 0. The summed E-state index contributed by atoms with van der Waals surface area (Å²) in [6.45, 7) is 2.59. The Kier molecular flexibility index (Phi) is 4.55. The van der Waals surface area contributed by atoms with Crippen LogP contribution in [0.2, 0.25) is 0 Å². The number of rotatable bonds is 3. The quantitative estimate of drug-likeness (QED) is 0.712. The lowest BCUT2D eigenvalue weighted by Gasteiger charge is -2.22. The number of hydrogen-bond donors (Lipinski definition) is 3. The van der Waals surface area contributed by atoms with Gasteiger partial charge in [0.15, 0.2) is 0 Å². The molecule has 0 spiro atoms. The lowest BCUT2D eigenvalue weighted by Crippen LogP contribution is -2.50. The summed E-state index contributed by atoms with van der Waals surface area (Å²) in [4.78, 5) is 22.9. The first-order chi connectivity index (χ1) is 8.76. The van der Waals surface area contributed by atoms with E-state index in [0.29, 0.717) is 0 Å². The van der Waals surface area contributed by atoms with Crippen molar-refractivity contribution in [2.75, 3.05) is 11.9 Å². The van der Waals surface area contributed by atoms with Crippen molar-refractivity contribution in [2.45, 2.75) is 19.4 Å². The van der Waals surface area contributed by atoms with E-state index in [4.69, 9.17) is 5.11 Å². The zero-order chi connectivity index (χ0) is 14.6. The van der Waals surface area contributed by atoms with Crippen LogP contribution in [0.3, 0.4) is 0 Å². The largest absolute Gasteiger partial charge is 0.394 e. The number of para-hydroxylation sites is 1. The number of amides is 2. The molecule has 0 radical (unpaired) electrons. The molecule has 104 valence electrons. The molecule has 0 heterocycles. The van der Waals surface area contributed by atoms with Gasteiger partial charge in [0.2, 0.25) is 0 Å². The van der Waals surface area contributed by atoms with E-state index in [1.54, 1.807) is 0 Å². The molecule has 0 aliphatic carbocycles. The van der Waals surface area contributed by atoms with Crippen LogP contribution in [0.1, 0.15) is 13.8 Å². The van der Waals surface area contributed by atoms with Crippen molar-refractivity contribution in [3.63, 3.8) is 0 Å². The SMILES string of the molecule is CC(C)(CO)NC(=O)C(=O)Nc1c(F)cccc1F. The molecule has 0 aromatic heterocycles. The van der Waals surface area contributed by atoms with Gasteiger partial charge in [0.1, 0.15) is 17.3 Å². The van der Waals surface area contributed by atoms with Crippen molar-refractivity contribution in [3.05, 3.63) is 29.8 Å². The number of aliphatic hydroxyl groups is 1. The monoisotopic (exact) mass is 272 g/mol. The minimum Gasteiger partial charge on any atom is -0.394 e. The molecule has 0 aliphatic rings. The van der Waals surface area contributed by atoms with Crippen molar-refractivity contribution < 1.29 is 23.5 Å². The summed E-state index contributed by atoms with van der Waals surface area (Å²) in [5.41, 5.74) is -1.70. The normalized spacial score (nSPS) is 11.0. The van der Waals surface area contributed by atoms with Crippen molar-refractivity contribution in [1.29, 1.82) is 0 Å². The summed E-state index contributed by atoms with van der Waals surface area (Å²) in [5.74, 6) is -4.28. The molecular weight excluding hydrogens is 258 g/mol. The molecule has 0 saturated carbocycles. The van der Waals surface area contributed by atoms with Crippen molar-refractivity contribution in [2.24, 2.45) is 0 Å². The van der Waals surface area contributed by atoms with Crippen LogP contribution < -0.4 is 10.6 Å². The van der Waals surface area contributed by atoms with E-state index in [-0.39, 0.29) is 6.61 Å². The Morgan fingerprint density at radius 3 is 2.21 bits per heavy atom. The number of anilines is 1. The molecule has 0 atom stereocenters. The molecule has 5 nitrogen and oxygen atoms in total. The Bertz CT molecular complexity index is 483. The average Bonchev–Trinajstić information content (AvgIpc) is 2.33. The molecule has 1 aromatic carbocycles. The van der Waals surface area contributed by atoms with Crippen LogP contribution in [0.15, 0.2) is 18.2 Å². The van der Waals surface area contributed by atoms with Crippen LogP contribution >= 0.6 is 0 Å². The summed E-state index contributed by atoms with van der Waals surface area (Å²) >= 11 is 0. The van der Waals surface area contributed by atoms with Crippen LogP contribution in [-0.4, -0.2) is 29.1 Å². The van der Waals surface area contributed by atoms with Gasteiger partial charge in [-0.15, -0.1) is 0 Å². The van der Waals surface area contributed by atoms with Crippen molar-refractivity contribution in [1.82, 2.24) is 5.32 Å². The average molecular weight is 272 g/mol. The number of aliphatic hydroxyl groups excluding tert-OH is 1. The smallest absolute Gasteiger partial charge is 0.313 e. The van der Waals surface area contributed by atoms with Gasteiger partial charge in [-0.1, -0.05) is 6.07 Å². The third kappa shape index (κ3) is 3.99. The second-order valence-electron chi connectivity index (χ2n) is 4.55. The summed E-state index contributed by atoms with van der Waals surface area (Å²) in [6.07, 6.45) is 0. The second-order valence-corrected chi connectivity index (χ2v) is 4.55. The van der Waals surface area contributed by atoms with E-state index in [9.17, 15) is 18.4 Å². The number of halogens is 2. The van der Waals surface area contributed by atoms with Crippen LogP contribution in [0.5, 0.6) is 0 Å². The summed E-state index contributed by atoms with van der Waals surface area (Å²) in [5, 5.41) is 13.0. The minimum absolute atomic E-state index is 0.389. The molecule has 19 heavy (non-hydrogen) atoms. The van der Waals surface area contributed by atoms with Gasteiger partial charge in [-0.2, -0.15) is 0 Å². The predicted octanol–water partition coefficient (Wildman–Crippen LogP) is 0.790. The maximum absolute atomic E-state index is 13.3. The molecule has 0 unspecified atom stereocenters. The number of carbonyl (C=O) groups excluding carboxylic acids is 2. The zero-order valence-electron chi connectivity index (χ0n) is 10.5. The molecular formula is C12H14F2N2O3. The zero-order valence-corrected chi connectivity index (χ0v) is 10.5. The molecule has 0 saturated heterocycles. The number of carbonyl (C=O) groups is 2. The number of benzene rings is 1. The van der Waals surface area contributed by atoms with Gasteiger partial charge in [-0.3, -0.25) is 9.59 Å². The Balaban J connectivity index is 2.78. The van der Waals surface area contributed by atoms with E-state index in [1.165, 1.54) is 13.8 Å². The van der Waals surface area contributed by atoms with E-state index in [2.05, 4.69) is 5.32 Å². The van der Waals surface area contributed by atoms with Gasteiger partial charge in [0, 0.05) is 0 Å². The van der Waals surface area contributed by atoms with E-state index < -0.39 is 34.7 Å². The van der Waals surface area contributed by atoms with Crippen LogP contribution in [0.4, 0.5) is 14.5 Å². The van der Waals surface area contributed by atoms with Gasteiger partial charge in [0.05, 0.1) is 12.1 Å². The van der Waals surface area contributed by atoms with Gasteiger partial charge >= 0.3 is 11.8 Å². The third-order valence-electron chi connectivity index (χ3n) is 2.25. The minimum atomic E-state index is -1.22. The fraction of sp³-hybridized carbons (Fsp3) is 0.333. The fourth-order valence-corrected chi connectivity index (χ4v) is 1.19. The summed E-state index contributed by atoms with van der Waals surface area (Å²) < 4.78 is 26.5. The molecule has 0 bridgehead atoms. The van der Waals surface area contributed by atoms with Gasteiger partial charge in [-0.25, -0.2) is 8.78 Å². The highest BCUT2D eigenvalue weighted by atomic mass is 19.1. The van der Waals surface area contributed by atoms with Crippen LogP contribution in [-0.2, 0) is 9.59 Å². The fourth-order valence-electron chi connectivity index (χ4n) is 1.19. The first-order valence-electron chi connectivity index (χ1n) is 5.45. The maximum atomic E-state index is 13.3. The molecule has 2 amide bonds. The van der Waals surface area contributed by atoms with Crippen LogP contribution in [0.25, 0.3) is 0 Å². The van der Waals surface area contributed by atoms with Crippen LogP contribution in [0, 0.1) is 11.6 Å². The van der Waals surface area contributed by atoms with E-state index in [0.717, 1.165) is 18.2 Å². The maximum Gasteiger partial charge on any atom is 0.313 e. The lowest BCUT2D eigenvalue weighted by molar-refractivity contribution is -0.137. The highest BCUT2D eigenvalue weighted by molar-refractivity contribution is 6.39. The van der Waals surface area contributed by atoms with E-state index in [1.807, 2.05) is 5.32 Å². The highest BCUT2D eigenvalue weighted by Gasteiger charge is 2.24. The second kappa shape index (κ2) is 5.75. The molecule has 0 fully saturated rings. The summed E-state index contributed by atoms with van der Waals surface area (Å²) in [6, 6.07) is 3.04. The first-order valence-corrected chi connectivity index (χ1v) is 5.45.